The van der Waals surface area contributed by atoms with Gasteiger partial charge in [0.1, 0.15) is 5.60 Å². The standard InChI is InChI=1S/C15H24O/c1-6-15(5,16)12-8-11-14(4)10-7-9-13(2)3/h1,9-10,16H,7-8,11-12H2,2-5H3. The molecule has 0 fully saturated rings. The van der Waals surface area contributed by atoms with E-state index in [0.29, 0.717) is 6.42 Å². The second-order valence-corrected chi connectivity index (χ2v) is 4.84. The SMILES string of the molecule is C#CC(C)(O)CCCC(C)=CCC=C(C)C. The largest absolute Gasteiger partial charge is 0.378 e. The summed E-state index contributed by atoms with van der Waals surface area (Å²) in [6, 6.07) is 0. The number of aliphatic hydroxyl groups is 1. The summed E-state index contributed by atoms with van der Waals surface area (Å²) in [5, 5.41) is 9.62. The van der Waals surface area contributed by atoms with E-state index in [4.69, 9.17) is 6.42 Å². The Labute approximate surface area is 100 Å². The molecule has 1 heteroatoms. The third-order valence-corrected chi connectivity index (χ3v) is 2.54. The van der Waals surface area contributed by atoms with E-state index in [1.165, 1.54) is 11.1 Å². The molecule has 0 saturated heterocycles. The van der Waals surface area contributed by atoms with Crippen LogP contribution in [0, 0.1) is 12.3 Å². The molecule has 1 N–H and O–H groups in total. The van der Waals surface area contributed by atoms with Gasteiger partial charge in [-0.15, -0.1) is 6.42 Å². The molecule has 0 amide bonds. The predicted molar refractivity (Wildman–Crippen MR) is 71.1 cm³/mol. The van der Waals surface area contributed by atoms with Gasteiger partial charge in [0.25, 0.3) is 0 Å². The Morgan fingerprint density at radius 3 is 2.44 bits per heavy atom. The molecule has 0 spiro atoms. The molecule has 1 atom stereocenters. The lowest BCUT2D eigenvalue weighted by atomic mass is 9.98. The number of rotatable bonds is 6. The van der Waals surface area contributed by atoms with Crippen LogP contribution in [0.5, 0.6) is 0 Å². The normalized spacial score (nSPS) is 15.1. The molecule has 0 radical (unpaired) electrons. The van der Waals surface area contributed by atoms with E-state index < -0.39 is 5.60 Å². The van der Waals surface area contributed by atoms with Crippen LogP contribution < -0.4 is 0 Å². The van der Waals surface area contributed by atoms with Crippen molar-refractivity contribution >= 4 is 0 Å². The van der Waals surface area contributed by atoms with E-state index in [9.17, 15) is 5.11 Å². The van der Waals surface area contributed by atoms with E-state index in [1.54, 1.807) is 6.92 Å². The van der Waals surface area contributed by atoms with Gasteiger partial charge in [0.2, 0.25) is 0 Å². The van der Waals surface area contributed by atoms with Crippen molar-refractivity contribution in [3.63, 3.8) is 0 Å². The maximum Gasteiger partial charge on any atom is 0.122 e. The Morgan fingerprint density at radius 1 is 1.31 bits per heavy atom. The van der Waals surface area contributed by atoms with Gasteiger partial charge in [-0.3, -0.25) is 0 Å². The molecule has 0 aliphatic carbocycles. The fourth-order valence-electron chi connectivity index (χ4n) is 1.38. The van der Waals surface area contributed by atoms with Crippen LogP contribution in [0.4, 0.5) is 0 Å². The molecule has 0 aromatic heterocycles. The molecule has 0 rings (SSSR count). The number of terminal acetylenes is 1. The van der Waals surface area contributed by atoms with E-state index >= 15 is 0 Å². The molecule has 16 heavy (non-hydrogen) atoms. The van der Waals surface area contributed by atoms with Crippen molar-refractivity contribution in [1.82, 2.24) is 0 Å². The minimum Gasteiger partial charge on any atom is -0.378 e. The second kappa shape index (κ2) is 7.30. The molecule has 0 aromatic carbocycles. The summed E-state index contributed by atoms with van der Waals surface area (Å²) in [5.74, 6) is 2.40. The molecule has 1 nitrogen and oxygen atoms in total. The van der Waals surface area contributed by atoms with Gasteiger partial charge in [-0.05, 0) is 53.4 Å². The molecular weight excluding hydrogens is 196 g/mol. The van der Waals surface area contributed by atoms with Crippen LogP contribution >= 0.6 is 0 Å². The first kappa shape index (κ1) is 15.0. The quantitative estimate of drug-likeness (QED) is 0.532. The summed E-state index contributed by atoms with van der Waals surface area (Å²) >= 11 is 0. The van der Waals surface area contributed by atoms with Crippen LogP contribution in [0.1, 0.15) is 53.4 Å². The molecular formula is C15H24O. The van der Waals surface area contributed by atoms with Crippen LogP contribution in [-0.4, -0.2) is 10.7 Å². The third-order valence-electron chi connectivity index (χ3n) is 2.54. The maximum absolute atomic E-state index is 9.62. The lowest BCUT2D eigenvalue weighted by Gasteiger charge is -2.15. The first-order valence-electron chi connectivity index (χ1n) is 5.86. The van der Waals surface area contributed by atoms with Crippen molar-refractivity contribution in [1.29, 1.82) is 0 Å². The van der Waals surface area contributed by atoms with Crippen LogP contribution in [0.3, 0.4) is 0 Å². The van der Waals surface area contributed by atoms with Gasteiger partial charge < -0.3 is 5.11 Å². The van der Waals surface area contributed by atoms with E-state index in [0.717, 1.165) is 19.3 Å². The van der Waals surface area contributed by atoms with Crippen molar-refractivity contribution in [3.05, 3.63) is 23.3 Å². The van der Waals surface area contributed by atoms with Crippen LogP contribution in [0.15, 0.2) is 23.3 Å². The van der Waals surface area contributed by atoms with Crippen molar-refractivity contribution in [2.75, 3.05) is 0 Å². The Hall–Kier alpha value is -1.00. The Bertz CT molecular complexity index is 296. The molecule has 0 aliphatic rings. The zero-order chi connectivity index (χ0) is 12.6. The highest BCUT2D eigenvalue weighted by Gasteiger charge is 2.14. The zero-order valence-electron chi connectivity index (χ0n) is 11.0. The Morgan fingerprint density at radius 2 is 1.94 bits per heavy atom. The van der Waals surface area contributed by atoms with Gasteiger partial charge >= 0.3 is 0 Å². The molecule has 0 heterocycles. The summed E-state index contributed by atoms with van der Waals surface area (Å²) < 4.78 is 0. The number of allylic oxidation sites excluding steroid dienone is 4. The fraction of sp³-hybridized carbons (Fsp3) is 0.600. The van der Waals surface area contributed by atoms with Crippen molar-refractivity contribution in [2.45, 2.75) is 59.0 Å². The minimum atomic E-state index is -0.944. The molecule has 0 aliphatic heterocycles. The number of hydrogen-bond acceptors (Lipinski definition) is 1. The summed E-state index contributed by atoms with van der Waals surface area (Å²) in [4.78, 5) is 0. The Kier molecular flexibility index (Phi) is 6.85. The van der Waals surface area contributed by atoms with E-state index in [-0.39, 0.29) is 0 Å². The van der Waals surface area contributed by atoms with Crippen LogP contribution in [0.25, 0.3) is 0 Å². The highest BCUT2D eigenvalue weighted by molar-refractivity contribution is 5.07. The van der Waals surface area contributed by atoms with Crippen LogP contribution in [0.2, 0.25) is 0 Å². The molecule has 90 valence electrons. The molecule has 0 bridgehead atoms. The lowest BCUT2D eigenvalue weighted by molar-refractivity contribution is 0.110. The van der Waals surface area contributed by atoms with Gasteiger partial charge in [0, 0.05) is 0 Å². The first-order chi connectivity index (χ1) is 7.37. The molecule has 0 aromatic rings. The van der Waals surface area contributed by atoms with E-state index in [2.05, 4.69) is 38.8 Å². The zero-order valence-corrected chi connectivity index (χ0v) is 11.0. The average molecular weight is 220 g/mol. The van der Waals surface area contributed by atoms with Gasteiger partial charge in [0.05, 0.1) is 0 Å². The third kappa shape index (κ3) is 8.32. The van der Waals surface area contributed by atoms with Crippen LogP contribution in [-0.2, 0) is 0 Å². The van der Waals surface area contributed by atoms with Gasteiger partial charge in [-0.2, -0.15) is 0 Å². The second-order valence-electron chi connectivity index (χ2n) is 4.84. The van der Waals surface area contributed by atoms with Crippen molar-refractivity contribution in [2.24, 2.45) is 0 Å². The number of hydrogen-bond donors (Lipinski definition) is 1. The monoisotopic (exact) mass is 220 g/mol. The molecule has 1 unspecified atom stereocenters. The van der Waals surface area contributed by atoms with Gasteiger partial charge in [0.15, 0.2) is 0 Å². The van der Waals surface area contributed by atoms with E-state index in [1.807, 2.05) is 0 Å². The van der Waals surface area contributed by atoms with Crippen molar-refractivity contribution < 1.29 is 5.11 Å². The highest BCUT2D eigenvalue weighted by atomic mass is 16.3. The fourth-order valence-corrected chi connectivity index (χ4v) is 1.38. The van der Waals surface area contributed by atoms with Gasteiger partial charge in [-0.25, -0.2) is 0 Å². The highest BCUT2D eigenvalue weighted by Crippen LogP contribution is 2.15. The summed E-state index contributed by atoms with van der Waals surface area (Å²) in [7, 11) is 0. The summed E-state index contributed by atoms with van der Waals surface area (Å²) in [6.45, 7) is 8.03. The predicted octanol–water partition coefficient (Wildman–Crippen LogP) is 3.84. The maximum atomic E-state index is 9.62. The Balaban J connectivity index is 3.87. The summed E-state index contributed by atoms with van der Waals surface area (Å²) in [6.07, 6.45) is 13.3. The first-order valence-corrected chi connectivity index (χ1v) is 5.86. The lowest BCUT2D eigenvalue weighted by Crippen LogP contribution is -2.20. The average Bonchev–Trinajstić information content (AvgIpc) is 2.17. The topological polar surface area (TPSA) is 20.2 Å². The molecule has 0 saturated carbocycles. The van der Waals surface area contributed by atoms with Crippen molar-refractivity contribution in [3.8, 4) is 12.3 Å². The van der Waals surface area contributed by atoms with Gasteiger partial charge in [-0.1, -0.05) is 29.2 Å². The summed E-state index contributed by atoms with van der Waals surface area (Å²) in [5.41, 5.74) is 1.77. The minimum absolute atomic E-state index is 0.664. The smallest absolute Gasteiger partial charge is 0.122 e.